The number of carbonyl (C=O) groups is 3. The van der Waals surface area contributed by atoms with E-state index in [0.717, 1.165) is 18.4 Å². The van der Waals surface area contributed by atoms with Gasteiger partial charge in [0, 0.05) is 27.3 Å². The number of rotatable bonds is 1. The first kappa shape index (κ1) is 19.3. The fraction of sp³-hybridized carbons (Fsp3) is 0.348. The first-order chi connectivity index (χ1) is 14.9. The molecule has 4 aliphatic heterocycles. The number of aryl methyl sites for hydroxylation is 1. The quantitative estimate of drug-likeness (QED) is 0.665. The van der Waals surface area contributed by atoms with Crippen LogP contribution in [0.25, 0.3) is 0 Å². The van der Waals surface area contributed by atoms with E-state index >= 15 is 0 Å². The predicted molar refractivity (Wildman–Crippen MR) is 117 cm³/mol. The Balaban J connectivity index is 1.57. The molecule has 4 aliphatic rings. The van der Waals surface area contributed by atoms with Crippen LogP contribution >= 0.6 is 23.2 Å². The molecule has 31 heavy (non-hydrogen) atoms. The maximum Gasteiger partial charge on any atom is 0.250 e. The van der Waals surface area contributed by atoms with Crippen molar-refractivity contribution in [1.82, 2.24) is 4.90 Å². The molecule has 6 rings (SSSR count). The highest BCUT2D eigenvalue weighted by molar-refractivity contribution is 6.32. The molecule has 0 aromatic heterocycles. The molecule has 4 unspecified atom stereocenters. The average molecular weight is 456 g/mol. The number of halogens is 2. The van der Waals surface area contributed by atoms with Gasteiger partial charge in [-0.15, -0.1) is 0 Å². The summed E-state index contributed by atoms with van der Waals surface area (Å²) < 4.78 is 0. The van der Waals surface area contributed by atoms with Gasteiger partial charge in [-0.3, -0.25) is 19.3 Å². The van der Waals surface area contributed by atoms with Crippen molar-refractivity contribution in [2.24, 2.45) is 11.8 Å². The topological polar surface area (TPSA) is 69.7 Å². The van der Waals surface area contributed by atoms with Gasteiger partial charge in [-0.2, -0.15) is 0 Å². The van der Waals surface area contributed by atoms with E-state index in [2.05, 4.69) is 10.2 Å². The second-order valence-corrected chi connectivity index (χ2v) is 9.63. The van der Waals surface area contributed by atoms with E-state index in [-0.39, 0.29) is 23.8 Å². The van der Waals surface area contributed by atoms with Crippen LogP contribution < -0.4 is 10.2 Å². The molecule has 0 radical (unpaired) electrons. The third kappa shape index (κ3) is 2.25. The number of imide groups is 1. The molecule has 3 fully saturated rings. The standard InChI is InChI=1S/C23H19Cl2N3O3/c1-11-9-13(25)10-15-19(11)26-22(31)23(15)18-17(16-3-2-8-27(16)23)20(29)28(21(18)30)14-6-4-12(24)5-7-14/h4-7,9-10,16-18H,2-3,8H2,1H3,(H,26,31). The normalized spacial score (nSPS) is 31.4. The molecule has 1 spiro atoms. The molecule has 158 valence electrons. The van der Waals surface area contributed by atoms with E-state index < -0.39 is 17.4 Å². The summed E-state index contributed by atoms with van der Waals surface area (Å²) in [7, 11) is 0. The Bertz CT molecular complexity index is 1180. The summed E-state index contributed by atoms with van der Waals surface area (Å²) in [5, 5.41) is 4.05. The zero-order valence-corrected chi connectivity index (χ0v) is 18.2. The number of fused-ring (bicyclic) bond motifs is 7. The highest BCUT2D eigenvalue weighted by Crippen LogP contribution is 2.61. The lowest BCUT2D eigenvalue weighted by atomic mass is 9.75. The molecular formula is C23H19Cl2N3O3. The van der Waals surface area contributed by atoms with Crippen LogP contribution in [0.5, 0.6) is 0 Å². The van der Waals surface area contributed by atoms with Gasteiger partial charge in [0.2, 0.25) is 17.7 Å². The Hall–Kier alpha value is -2.41. The van der Waals surface area contributed by atoms with Crippen LogP contribution in [0, 0.1) is 18.8 Å². The van der Waals surface area contributed by atoms with Gasteiger partial charge in [-0.05, 0) is 68.3 Å². The van der Waals surface area contributed by atoms with Gasteiger partial charge >= 0.3 is 0 Å². The first-order valence-corrected chi connectivity index (χ1v) is 11.1. The molecule has 0 aliphatic carbocycles. The summed E-state index contributed by atoms with van der Waals surface area (Å²) in [5.74, 6) is -2.19. The first-order valence-electron chi connectivity index (χ1n) is 10.4. The van der Waals surface area contributed by atoms with Gasteiger partial charge in [0.05, 0.1) is 17.5 Å². The van der Waals surface area contributed by atoms with Crippen LogP contribution in [0.2, 0.25) is 10.0 Å². The molecule has 2 aromatic rings. The fourth-order valence-corrected chi connectivity index (χ4v) is 6.68. The number of benzene rings is 2. The highest BCUT2D eigenvalue weighted by atomic mass is 35.5. The van der Waals surface area contributed by atoms with Crippen molar-refractivity contribution in [2.75, 3.05) is 16.8 Å². The Kier molecular flexibility index (Phi) is 3.93. The summed E-state index contributed by atoms with van der Waals surface area (Å²) in [6, 6.07) is 10.1. The number of anilines is 2. The molecule has 0 bridgehead atoms. The van der Waals surface area contributed by atoms with E-state index in [1.165, 1.54) is 4.90 Å². The van der Waals surface area contributed by atoms with Gasteiger partial charge in [0.15, 0.2) is 0 Å². The number of hydrogen-bond donors (Lipinski definition) is 1. The molecule has 3 saturated heterocycles. The molecule has 2 aromatic carbocycles. The van der Waals surface area contributed by atoms with Crippen molar-refractivity contribution < 1.29 is 14.4 Å². The van der Waals surface area contributed by atoms with Crippen molar-refractivity contribution in [3.8, 4) is 0 Å². The lowest BCUT2D eigenvalue weighted by molar-refractivity contribution is -0.135. The largest absolute Gasteiger partial charge is 0.324 e. The van der Waals surface area contributed by atoms with Gasteiger partial charge in [-0.1, -0.05) is 23.2 Å². The van der Waals surface area contributed by atoms with E-state index in [0.29, 0.717) is 33.5 Å². The lowest BCUT2D eigenvalue weighted by Gasteiger charge is -2.36. The molecular weight excluding hydrogens is 437 g/mol. The third-order valence-electron chi connectivity index (χ3n) is 7.35. The van der Waals surface area contributed by atoms with Gasteiger partial charge in [0.1, 0.15) is 5.54 Å². The van der Waals surface area contributed by atoms with Gasteiger partial charge in [0.25, 0.3) is 0 Å². The van der Waals surface area contributed by atoms with E-state index in [4.69, 9.17) is 23.2 Å². The minimum Gasteiger partial charge on any atom is -0.324 e. The lowest BCUT2D eigenvalue weighted by Crippen LogP contribution is -2.54. The molecule has 4 atom stereocenters. The van der Waals surface area contributed by atoms with Crippen LogP contribution in [-0.2, 0) is 19.9 Å². The maximum atomic E-state index is 13.8. The zero-order chi connectivity index (χ0) is 21.7. The van der Waals surface area contributed by atoms with Gasteiger partial charge in [-0.25, -0.2) is 4.90 Å². The molecule has 8 heteroatoms. The Labute approximate surface area is 189 Å². The maximum absolute atomic E-state index is 13.8. The molecule has 3 amide bonds. The third-order valence-corrected chi connectivity index (χ3v) is 7.82. The van der Waals surface area contributed by atoms with Crippen LogP contribution in [0.15, 0.2) is 36.4 Å². The van der Waals surface area contributed by atoms with Gasteiger partial charge < -0.3 is 5.32 Å². The van der Waals surface area contributed by atoms with Crippen LogP contribution in [-0.4, -0.2) is 35.2 Å². The van der Waals surface area contributed by atoms with Crippen LogP contribution in [0.1, 0.15) is 24.0 Å². The number of nitrogens with one attached hydrogen (secondary N) is 1. The minimum absolute atomic E-state index is 0.158. The Morgan fingerprint density at radius 1 is 1.03 bits per heavy atom. The van der Waals surface area contributed by atoms with Crippen molar-refractivity contribution in [3.63, 3.8) is 0 Å². The molecule has 6 nitrogen and oxygen atoms in total. The van der Waals surface area contributed by atoms with E-state index in [1.54, 1.807) is 36.4 Å². The number of amides is 3. The monoisotopic (exact) mass is 455 g/mol. The fourth-order valence-electron chi connectivity index (χ4n) is 6.28. The predicted octanol–water partition coefficient (Wildman–Crippen LogP) is 3.73. The smallest absolute Gasteiger partial charge is 0.250 e. The second kappa shape index (κ2) is 6.31. The SMILES string of the molecule is Cc1cc(Cl)cc2c1NC(=O)C21C2C(=O)N(c3ccc(Cl)cc3)C(=O)C2C2CCCN21. The summed E-state index contributed by atoms with van der Waals surface area (Å²) in [5.41, 5.74) is 1.52. The summed E-state index contributed by atoms with van der Waals surface area (Å²) in [6.07, 6.45) is 1.65. The van der Waals surface area contributed by atoms with Crippen molar-refractivity contribution in [1.29, 1.82) is 0 Å². The number of carbonyl (C=O) groups excluding carboxylic acids is 3. The van der Waals surface area contributed by atoms with Crippen LogP contribution in [0.4, 0.5) is 11.4 Å². The zero-order valence-electron chi connectivity index (χ0n) is 16.7. The van der Waals surface area contributed by atoms with E-state index in [9.17, 15) is 14.4 Å². The highest BCUT2D eigenvalue weighted by Gasteiger charge is 2.74. The summed E-state index contributed by atoms with van der Waals surface area (Å²) >= 11 is 12.4. The van der Waals surface area contributed by atoms with Crippen molar-refractivity contribution in [2.45, 2.75) is 31.3 Å². The molecule has 4 heterocycles. The van der Waals surface area contributed by atoms with Crippen molar-refractivity contribution in [3.05, 3.63) is 57.6 Å². The number of nitrogens with zero attached hydrogens (tertiary/aromatic N) is 2. The summed E-state index contributed by atoms with van der Waals surface area (Å²) in [4.78, 5) is 44.4. The van der Waals surface area contributed by atoms with Crippen molar-refractivity contribution >= 4 is 52.3 Å². The Morgan fingerprint density at radius 2 is 1.77 bits per heavy atom. The second-order valence-electron chi connectivity index (χ2n) is 8.76. The molecule has 1 N–H and O–H groups in total. The van der Waals surface area contributed by atoms with Crippen LogP contribution in [0.3, 0.4) is 0 Å². The summed E-state index contributed by atoms with van der Waals surface area (Å²) in [6.45, 7) is 2.55. The minimum atomic E-state index is -1.22. The Morgan fingerprint density at radius 3 is 2.52 bits per heavy atom. The number of hydrogen-bond acceptors (Lipinski definition) is 4. The van der Waals surface area contributed by atoms with E-state index in [1.807, 2.05) is 6.92 Å². The average Bonchev–Trinajstić information content (AvgIpc) is 3.42. The molecule has 0 saturated carbocycles.